The Labute approximate surface area is 167 Å². The summed E-state index contributed by atoms with van der Waals surface area (Å²) in [5, 5.41) is 21.8. The zero-order valence-corrected chi connectivity index (χ0v) is 18.0. The summed E-state index contributed by atoms with van der Waals surface area (Å²) in [6, 6.07) is 3.88. The number of hydrogen-bond acceptors (Lipinski definition) is 5. The van der Waals surface area contributed by atoms with Gasteiger partial charge in [0.15, 0.2) is 11.5 Å². The highest BCUT2D eigenvalue weighted by Gasteiger charge is 2.33. The van der Waals surface area contributed by atoms with E-state index in [0.29, 0.717) is 19.4 Å². The molecule has 0 saturated heterocycles. The molecule has 7 nitrogen and oxygen atoms in total. The number of aromatic hydroxyl groups is 2. The third-order valence-electron chi connectivity index (χ3n) is 4.01. The summed E-state index contributed by atoms with van der Waals surface area (Å²) in [6.07, 6.45) is 0.423. The predicted molar refractivity (Wildman–Crippen MR) is 108 cm³/mol. The van der Waals surface area contributed by atoms with Crippen LogP contribution in [0.5, 0.6) is 11.5 Å². The van der Waals surface area contributed by atoms with Gasteiger partial charge in [0.2, 0.25) is 5.91 Å². The number of carbonyl (C=O) groups excluding carboxylic acids is 2. The van der Waals surface area contributed by atoms with Gasteiger partial charge in [-0.3, -0.25) is 9.69 Å². The van der Waals surface area contributed by atoms with Gasteiger partial charge in [0.05, 0.1) is 0 Å². The standard InChI is InChI=1S/C21H34N2O5/c1-20(2,3)13-15(23(7)19(27)28-21(4,5)6)18(26)22-11-10-14-8-9-16(24)17(25)12-14/h8-9,12,15,24-25H,10-11,13H2,1-7H3,(H,22,26)/t15-/m1/s1. The number of likely N-dealkylation sites (N-methyl/N-ethyl adjacent to an activating group) is 1. The topological polar surface area (TPSA) is 99.1 Å². The Bertz CT molecular complexity index is 689. The summed E-state index contributed by atoms with van der Waals surface area (Å²) in [6.45, 7) is 11.7. The predicted octanol–water partition coefficient (Wildman–Crippen LogP) is 3.43. The first-order valence-corrected chi connectivity index (χ1v) is 9.44. The number of phenols is 2. The van der Waals surface area contributed by atoms with Crippen molar-refractivity contribution < 1.29 is 24.5 Å². The smallest absolute Gasteiger partial charge is 0.410 e. The lowest BCUT2D eigenvalue weighted by Gasteiger charge is -2.33. The molecule has 0 bridgehead atoms. The molecule has 1 aromatic rings. The number of rotatable bonds is 6. The van der Waals surface area contributed by atoms with E-state index >= 15 is 0 Å². The Morgan fingerprint density at radius 3 is 2.21 bits per heavy atom. The van der Waals surface area contributed by atoms with Crippen LogP contribution in [0.4, 0.5) is 4.79 Å². The van der Waals surface area contributed by atoms with E-state index in [1.54, 1.807) is 33.9 Å². The summed E-state index contributed by atoms with van der Waals surface area (Å²) < 4.78 is 5.40. The molecule has 0 saturated carbocycles. The van der Waals surface area contributed by atoms with E-state index in [0.717, 1.165) is 5.56 Å². The molecule has 1 atom stereocenters. The van der Waals surface area contributed by atoms with Gasteiger partial charge in [-0.25, -0.2) is 4.79 Å². The Kier molecular flexibility index (Phi) is 7.73. The van der Waals surface area contributed by atoms with E-state index in [2.05, 4.69) is 5.32 Å². The van der Waals surface area contributed by atoms with Crippen LogP contribution in [0.25, 0.3) is 0 Å². The van der Waals surface area contributed by atoms with Crippen molar-refractivity contribution in [1.29, 1.82) is 0 Å². The molecule has 0 unspecified atom stereocenters. The summed E-state index contributed by atoms with van der Waals surface area (Å²) in [5.41, 5.74) is -0.0285. The summed E-state index contributed by atoms with van der Waals surface area (Å²) in [7, 11) is 1.57. The van der Waals surface area contributed by atoms with Crippen molar-refractivity contribution in [3.05, 3.63) is 23.8 Å². The Morgan fingerprint density at radius 2 is 1.71 bits per heavy atom. The molecule has 7 heteroatoms. The molecule has 0 aromatic heterocycles. The monoisotopic (exact) mass is 394 g/mol. The first-order chi connectivity index (χ1) is 12.7. The Morgan fingerprint density at radius 1 is 1.11 bits per heavy atom. The van der Waals surface area contributed by atoms with E-state index in [1.807, 2.05) is 20.8 Å². The molecule has 1 rings (SSSR count). The molecule has 3 N–H and O–H groups in total. The van der Waals surface area contributed by atoms with E-state index < -0.39 is 17.7 Å². The van der Waals surface area contributed by atoms with E-state index in [1.165, 1.54) is 17.0 Å². The van der Waals surface area contributed by atoms with Gasteiger partial charge in [-0.05, 0) is 56.7 Å². The molecule has 0 radical (unpaired) electrons. The minimum Gasteiger partial charge on any atom is -0.504 e. The fraction of sp³-hybridized carbons (Fsp3) is 0.619. The lowest BCUT2D eigenvalue weighted by atomic mass is 9.87. The molecule has 2 amide bonds. The number of benzene rings is 1. The van der Waals surface area contributed by atoms with Gasteiger partial charge in [-0.2, -0.15) is 0 Å². The summed E-state index contributed by atoms with van der Waals surface area (Å²) >= 11 is 0. The third kappa shape index (κ3) is 8.06. The molecule has 0 aliphatic rings. The van der Waals surface area contributed by atoms with Gasteiger partial charge in [-0.15, -0.1) is 0 Å². The second-order valence-corrected chi connectivity index (χ2v) is 9.24. The largest absolute Gasteiger partial charge is 0.504 e. The van der Waals surface area contributed by atoms with Crippen molar-refractivity contribution in [2.24, 2.45) is 5.41 Å². The van der Waals surface area contributed by atoms with Gasteiger partial charge in [-0.1, -0.05) is 26.8 Å². The van der Waals surface area contributed by atoms with Crippen molar-refractivity contribution in [3.63, 3.8) is 0 Å². The van der Waals surface area contributed by atoms with Crippen LogP contribution < -0.4 is 5.32 Å². The number of ether oxygens (including phenoxy) is 1. The highest BCUT2D eigenvalue weighted by molar-refractivity contribution is 5.85. The Hall–Kier alpha value is -2.44. The van der Waals surface area contributed by atoms with Gasteiger partial charge in [0.25, 0.3) is 0 Å². The minimum atomic E-state index is -0.664. The van der Waals surface area contributed by atoms with Gasteiger partial charge in [0.1, 0.15) is 11.6 Å². The molecule has 158 valence electrons. The maximum Gasteiger partial charge on any atom is 0.410 e. The van der Waals surface area contributed by atoms with Crippen LogP contribution in [0.2, 0.25) is 0 Å². The van der Waals surface area contributed by atoms with E-state index in [9.17, 15) is 19.8 Å². The molecule has 0 aliphatic heterocycles. The summed E-state index contributed by atoms with van der Waals surface area (Å²) in [5.74, 6) is -0.637. The molecule has 28 heavy (non-hydrogen) atoms. The average molecular weight is 395 g/mol. The number of phenolic OH excluding ortho intramolecular Hbond substituents is 2. The van der Waals surface area contributed by atoms with Crippen LogP contribution in [0.1, 0.15) is 53.5 Å². The summed E-state index contributed by atoms with van der Waals surface area (Å²) in [4.78, 5) is 26.6. The molecule has 0 heterocycles. The SMILES string of the molecule is CN(C(=O)OC(C)(C)C)[C@H](CC(C)(C)C)C(=O)NCCc1ccc(O)c(O)c1. The molecule has 1 aromatic carbocycles. The first-order valence-electron chi connectivity index (χ1n) is 9.44. The lowest BCUT2D eigenvalue weighted by molar-refractivity contribution is -0.127. The lowest BCUT2D eigenvalue weighted by Crippen LogP contribution is -2.50. The molecule has 0 spiro atoms. The maximum atomic E-state index is 12.8. The average Bonchev–Trinajstić information content (AvgIpc) is 2.52. The highest BCUT2D eigenvalue weighted by atomic mass is 16.6. The quantitative estimate of drug-likeness (QED) is 0.642. The Balaban J connectivity index is 2.78. The third-order valence-corrected chi connectivity index (χ3v) is 4.01. The van der Waals surface area contributed by atoms with Crippen molar-refractivity contribution >= 4 is 12.0 Å². The van der Waals surface area contributed by atoms with Gasteiger partial charge >= 0.3 is 6.09 Å². The number of nitrogens with one attached hydrogen (secondary N) is 1. The van der Waals surface area contributed by atoms with Crippen LogP contribution in [0, 0.1) is 5.41 Å². The van der Waals surface area contributed by atoms with Crippen LogP contribution in [0.15, 0.2) is 18.2 Å². The van der Waals surface area contributed by atoms with Crippen molar-refractivity contribution in [2.75, 3.05) is 13.6 Å². The maximum absolute atomic E-state index is 12.8. The number of carbonyl (C=O) groups is 2. The minimum absolute atomic E-state index is 0.166. The highest BCUT2D eigenvalue weighted by Crippen LogP contribution is 2.26. The van der Waals surface area contributed by atoms with Crippen molar-refractivity contribution in [3.8, 4) is 11.5 Å². The van der Waals surface area contributed by atoms with Gasteiger partial charge in [0, 0.05) is 13.6 Å². The number of nitrogens with zero attached hydrogens (tertiary/aromatic N) is 1. The molecule has 0 fully saturated rings. The zero-order chi connectivity index (χ0) is 21.7. The van der Waals surface area contributed by atoms with Gasteiger partial charge < -0.3 is 20.3 Å². The van der Waals surface area contributed by atoms with Crippen molar-refractivity contribution in [2.45, 2.75) is 66.0 Å². The van der Waals surface area contributed by atoms with Crippen LogP contribution in [-0.2, 0) is 16.0 Å². The van der Waals surface area contributed by atoms with E-state index in [4.69, 9.17) is 4.74 Å². The fourth-order valence-corrected chi connectivity index (χ4v) is 2.62. The van der Waals surface area contributed by atoms with Crippen LogP contribution in [-0.4, -0.2) is 52.3 Å². The fourth-order valence-electron chi connectivity index (χ4n) is 2.62. The van der Waals surface area contributed by atoms with Crippen LogP contribution in [0.3, 0.4) is 0 Å². The second kappa shape index (κ2) is 9.17. The zero-order valence-electron chi connectivity index (χ0n) is 18.0. The first kappa shape index (κ1) is 23.6. The molecular weight excluding hydrogens is 360 g/mol. The molecular formula is C21H34N2O5. The molecule has 0 aliphatic carbocycles. The van der Waals surface area contributed by atoms with Crippen molar-refractivity contribution in [1.82, 2.24) is 10.2 Å². The normalized spacial score (nSPS) is 13.0. The van der Waals surface area contributed by atoms with E-state index in [-0.39, 0.29) is 22.8 Å². The number of amides is 2. The number of hydrogen-bond donors (Lipinski definition) is 3. The second-order valence-electron chi connectivity index (χ2n) is 9.24. The van der Waals surface area contributed by atoms with Crippen LogP contribution >= 0.6 is 0 Å².